The second kappa shape index (κ2) is 8.39. The molecule has 7 nitrogen and oxygen atoms in total. The molecule has 0 fully saturated rings. The summed E-state index contributed by atoms with van der Waals surface area (Å²) in [6.07, 6.45) is 0.434. The molecule has 0 aliphatic rings. The Morgan fingerprint density at radius 3 is 2.52 bits per heavy atom. The third kappa shape index (κ3) is 4.66. The van der Waals surface area contributed by atoms with Crippen LogP contribution >= 0.6 is 0 Å². The van der Waals surface area contributed by atoms with Crippen molar-refractivity contribution in [1.82, 2.24) is 10.7 Å². The number of amides is 2. The highest BCUT2D eigenvalue weighted by atomic mass is 19.1. The summed E-state index contributed by atoms with van der Waals surface area (Å²) < 4.78 is 13.3. The minimum absolute atomic E-state index is 0.0321. The van der Waals surface area contributed by atoms with Gasteiger partial charge in [-0.3, -0.25) is 0 Å². The lowest BCUT2D eigenvalue weighted by molar-refractivity contribution is 0.241. The summed E-state index contributed by atoms with van der Waals surface area (Å²) in [5.74, 6) is -1.34. The molecule has 2 aromatic rings. The highest BCUT2D eigenvalue weighted by Gasteiger charge is 2.13. The number of urea groups is 1. The van der Waals surface area contributed by atoms with E-state index in [4.69, 9.17) is 0 Å². The molecule has 27 heavy (non-hydrogen) atoms. The maximum absolute atomic E-state index is 13.3. The fourth-order valence-corrected chi connectivity index (χ4v) is 2.48. The number of phenols is 3. The highest BCUT2D eigenvalue weighted by molar-refractivity contribution is 6.03. The van der Waals surface area contributed by atoms with Crippen molar-refractivity contribution in [3.63, 3.8) is 0 Å². The van der Waals surface area contributed by atoms with E-state index in [9.17, 15) is 24.5 Å². The van der Waals surface area contributed by atoms with Gasteiger partial charge in [0.25, 0.3) is 0 Å². The van der Waals surface area contributed by atoms with Crippen LogP contribution < -0.4 is 10.7 Å². The Kier molecular flexibility index (Phi) is 6.23. The Labute approximate surface area is 156 Å². The molecular formula is C19H22FN3O4. The minimum Gasteiger partial charge on any atom is -0.508 e. The van der Waals surface area contributed by atoms with Gasteiger partial charge in [-0.05, 0) is 55.7 Å². The van der Waals surface area contributed by atoms with E-state index in [1.54, 1.807) is 13.8 Å². The second-order valence-corrected chi connectivity index (χ2v) is 6.04. The fraction of sp³-hybridized carbons (Fsp3) is 0.263. The minimum atomic E-state index is -0.720. The van der Waals surface area contributed by atoms with Gasteiger partial charge in [-0.1, -0.05) is 6.92 Å². The topological polar surface area (TPSA) is 114 Å². The van der Waals surface area contributed by atoms with Crippen molar-refractivity contribution < 1.29 is 24.5 Å². The highest BCUT2D eigenvalue weighted by Crippen LogP contribution is 2.30. The van der Waals surface area contributed by atoms with Crippen LogP contribution in [0, 0.1) is 19.7 Å². The maximum Gasteiger partial charge on any atom is 0.335 e. The molecule has 0 spiro atoms. The second-order valence-electron chi connectivity index (χ2n) is 6.04. The Bertz CT molecular complexity index is 897. The van der Waals surface area contributed by atoms with Crippen molar-refractivity contribution in [1.29, 1.82) is 0 Å². The number of aryl methyl sites for hydroxylation is 1. The summed E-state index contributed by atoms with van der Waals surface area (Å²) in [5.41, 5.74) is 4.66. The molecule has 0 radical (unpaired) electrons. The first-order valence-corrected chi connectivity index (χ1v) is 8.34. The first kappa shape index (κ1) is 20.0. The summed E-state index contributed by atoms with van der Waals surface area (Å²) in [6, 6.07) is 4.80. The van der Waals surface area contributed by atoms with Crippen LogP contribution in [0.5, 0.6) is 17.2 Å². The molecule has 5 N–H and O–H groups in total. The number of rotatable bonds is 5. The van der Waals surface area contributed by atoms with Crippen molar-refractivity contribution in [2.45, 2.75) is 33.7 Å². The van der Waals surface area contributed by atoms with Gasteiger partial charge in [0.1, 0.15) is 11.5 Å². The van der Waals surface area contributed by atoms with Crippen LogP contribution in [0.1, 0.15) is 35.6 Å². The average Bonchev–Trinajstić information content (AvgIpc) is 2.63. The Balaban J connectivity index is 2.07. The number of hydrogen-bond donors (Lipinski definition) is 5. The molecule has 0 saturated carbocycles. The van der Waals surface area contributed by atoms with Crippen LogP contribution in [-0.2, 0) is 6.54 Å². The molecule has 2 amide bonds. The lowest BCUT2D eigenvalue weighted by Crippen LogP contribution is -2.32. The van der Waals surface area contributed by atoms with Crippen LogP contribution in [0.2, 0.25) is 0 Å². The monoisotopic (exact) mass is 375 g/mol. The number of hydrazone groups is 1. The zero-order valence-corrected chi connectivity index (χ0v) is 15.3. The van der Waals surface area contributed by atoms with Gasteiger partial charge in [0.15, 0.2) is 11.6 Å². The number of phenolic OH excluding ortho intramolecular Hbond substituents is 3. The number of halogens is 1. The predicted octanol–water partition coefficient (Wildman–Crippen LogP) is 3.17. The lowest BCUT2D eigenvalue weighted by atomic mass is 10.0. The SMILES string of the molecule is CC/C(=N\NC(=O)NCc1cc(O)c(F)cc1C)c1ccc(O)c(C)c1O. The number of carbonyl (C=O) groups excluding carboxylic acids is 1. The van der Waals surface area contributed by atoms with Crippen molar-refractivity contribution in [2.75, 3.05) is 0 Å². The number of nitrogens with zero attached hydrogens (tertiary/aromatic N) is 1. The van der Waals surface area contributed by atoms with E-state index in [1.165, 1.54) is 24.3 Å². The molecule has 0 bridgehead atoms. The van der Waals surface area contributed by atoms with Crippen LogP contribution in [0.25, 0.3) is 0 Å². The van der Waals surface area contributed by atoms with Gasteiger partial charge in [0, 0.05) is 17.7 Å². The van der Waals surface area contributed by atoms with Gasteiger partial charge in [-0.15, -0.1) is 0 Å². The summed E-state index contributed by atoms with van der Waals surface area (Å²) >= 11 is 0. The van der Waals surface area contributed by atoms with Gasteiger partial charge in [0.05, 0.1) is 5.71 Å². The molecule has 144 valence electrons. The van der Waals surface area contributed by atoms with Gasteiger partial charge < -0.3 is 20.6 Å². The molecule has 0 unspecified atom stereocenters. The largest absolute Gasteiger partial charge is 0.508 e. The van der Waals surface area contributed by atoms with E-state index < -0.39 is 17.6 Å². The van der Waals surface area contributed by atoms with E-state index in [1.807, 2.05) is 6.92 Å². The molecule has 2 aromatic carbocycles. The number of hydrogen-bond acceptors (Lipinski definition) is 5. The van der Waals surface area contributed by atoms with Crippen molar-refractivity contribution in [2.24, 2.45) is 5.10 Å². The van der Waals surface area contributed by atoms with E-state index >= 15 is 0 Å². The van der Waals surface area contributed by atoms with Gasteiger partial charge in [-0.25, -0.2) is 14.6 Å². The van der Waals surface area contributed by atoms with Gasteiger partial charge in [0.2, 0.25) is 0 Å². The van der Waals surface area contributed by atoms with Crippen molar-refractivity contribution in [3.8, 4) is 17.2 Å². The van der Waals surface area contributed by atoms with E-state index in [0.29, 0.717) is 34.4 Å². The van der Waals surface area contributed by atoms with Crippen LogP contribution in [0.3, 0.4) is 0 Å². The predicted molar refractivity (Wildman–Crippen MR) is 99.5 cm³/mol. The molecule has 0 aliphatic carbocycles. The quantitative estimate of drug-likeness (QED) is 0.408. The summed E-state index contributed by atoms with van der Waals surface area (Å²) in [4.78, 5) is 12.0. The Morgan fingerprint density at radius 1 is 1.15 bits per heavy atom. The fourth-order valence-electron chi connectivity index (χ4n) is 2.48. The van der Waals surface area contributed by atoms with E-state index in [2.05, 4.69) is 15.8 Å². The number of carbonyl (C=O) groups is 1. The zero-order chi connectivity index (χ0) is 20.1. The van der Waals surface area contributed by atoms with Crippen LogP contribution in [-0.4, -0.2) is 27.1 Å². The molecule has 0 saturated heterocycles. The molecule has 8 heteroatoms. The Morgan fingerprint density at radius 2 is 1.85 bits per heavy atom. The number of benzene rings is 2. The van der Waals surface area contributed by atoms with Crippen LogP contribution in [0.15, 0.2) is 29.4 Å². The number of aromatic hydroxyl groups is 3. The van der Waals surface area contributed by atoms with Gasteiger partial charge >= 0.3 is 6.03 Å². The van der Waals surface area contributed by atoms with Gasteiger partial charge in [-0.2, -0.15) is 5.10 Å². The molecule has 0 aliphatic heterocycles. The van der Waals surface area contributed by atoms with Crippen molar-refractivity contribution >= 4 is 11.7 Å². The normalized spacial score (nSPS) is 11.3. The summed E-state index contributed by atoms with van der Waals surface area (Å²) in [6.45, 7) is 5.12. The number of nitrogens with one attached hydrogen (secondary N) is 2. The van der Waals surface area contributed by atoms with Crippen LogP contribution in [0.4, 0.5) is 9.18 Å². The molecule has 2 rings (SSSR count). The molecule has 0 heterocycles. The zero-order valence-electron chi connectivity index (χ0n) is 15.3. The first-order valence-electron chi connectivity index (χ1n) is 8.34. The Hall–Kier alpha value is -3.29. The third-order valence-electron chi connectivity index (χ3n) is 4.19. The first-order chi connectivity index (χ1) is 12.7. The lowest BCUT2D eigenvalue weighted by Gasteiger charge is -2.11. The average molecular weight is 375 g/mol. The molecule has 0 aromatic heterocycles. The molecule has 0 atom stereocenters. The summed E-state index contributed by atoms with van der Waals surface area (Å²) in [5, 5.41) is 35.8. The smallest absolute Gasteiger partial charge is 0.335 e. The van der Waals surface area contributed by atoms with E-state index in [0.717, 1.165) is 0 Å². The third-order valence-corrected chi connectivity index (χ3v) is 4.19. The maximum atomic E-state index is 13.3. The molecular weight excluding hydrogens is 353 g/mol. The standard InChI is InChI=1S/C19H22FN3O4/c1-4-15(13-5-6-16(24)11(3)18(13)26)22-23-19(27)21-9-12-8-17(25)14(20)7-10(12)2/h5-8,24-26H,4,9H2,1-3H3,(H2,21,23,27)/b22-15+. The summed E-state index contributed by atoms with van der Waals surface area (Å²) in [7, 11) is 0. The van der Waals surface area contributed by atoms with Crippen molar-refractivity contribution in [3.05, 3.63) is 52.3 Å². The van der Waals surface area contributed by atoms with E-state index in [-0.39, 0.29) is 18.0 Å².